The average Bonchev–Trinajstić information content (AvgIpc) is 1.62. The van der Waals surface area contributed by atoms with Crippen LogP contribution in [0, 0.1) is 5.41 Å². The second-order valence-electron chi connectivity index (χ2n) is 3.45. The molecule has 0 rings (SSSR count). The molecule has 0 amide bonds. The van der Waals surface area contributed by atoms with Crippen LogP contribution in [0.3, 0.4) is 0 Å². The highest BCUT2D eigenvalue weighted by Gasteiger charge is 2.23. The van der Waals surface area contributed by atoms with E-state index >= 15 is 0 Å². The summed E-state index contributed by atoms with van der Waals surface area (Å²) in [5, 5.41) is 0. The Bertz CT molecular complexity index is 117. The van der Waals surface area contributed by atoms with E-state index in [0.29, 0.717) is 0 Å². The first kappa shape index (κ1) is 12.8. The quantitative estimate of drug-likeness (QED) is 0.713. The molecule has 10 heavy (non-hydrogen) atoms. The van der Waals surface area contributed by atoms with Crippen molar-refractivity contribution in [2.75, 3.05) is 0 Å². The summed E-state index contributed by atoms with van der Waals surface area (Å²) in [6, 6.07) is -0.322. The molecule has 0 saturated carbocycles. The van der Waals surface area contributed by atoms with Crippen molar-refractivity contribution in [1.29, 1.82) is 0 Å². The third-order valence-electron chi connectivity index (χ3n) is 1.37. The number of Topliss-reactive ketones (excluding diaryl/α,β-unsaturated/α-hetero) is 1. The van der Waals surface area contributed by atoms with E-state index in [1.807, 2.05) is 20.8 Å². The van der Waals surface area contributed by atoms with Crippen molar-refractivity contribution in [3.8, 4) is 0 Å². The molecule has 0 heterocycles. The number of carbonyl (C=O) groups excluding carboxylic acids is 1. The molecular weight excluding hydrogens is 194 g/mol. The van der Waals surface area contributed by atoms with Gasteiger partial charge in [-0.25, -0.2) is 0 Å². The summed E-state index contributed by atoms with van der Waals surface area (Å²) < 4.78 is 0. The first-order chi connectivity index (χ1) is 3.85. The predicted octanol–water partition coefficient (Wildman–Crippen LogP) is 1.53. The Morgan fingerprint density at radius 2 is 1.70 bits per heavy atom. The lowest BCUT2D eigenvalue weighted by atomic mass is 9.85. The van der Waals surface area contributed by atoms with Gasteiger partial charge in [0.2, 0.25) is 0 Å². The van der Waals surface area contributed by atoms with Gasteiger partial charge in [-0.3, -0.25) is 4.79 Å². The molecule has 0 aliphatic rings. The average molecular weight is 210 g/mol. The Labute approximate surface area is 72.9 Å². The smallest absolute Gasteiger partial charge is 0.146 e. The van der Waals surface area contributed by atoms with Gasteiger partial charge in [-0.05, 0) is 12.3 Å². The lowest BCUT2D eigenvalue weighted by molar-refractivity contribution is -0.120. The van der Waals surface area contributed by atoms with Crippen molar-refractivity contribution >= 4 is 22.8 Å². The number of ketones is 1. The second kappa shape index (κ2) is 4.09. The van der Waals surface area contributed by atoms with Crippen LogP contribution in [0.1, 0.15) is 27.7 Å². The summed E-state index contributed by atoms with van der Waals surface area (Å²) in [7, 11) is 0. The van der Waals surface area contributed by atoms with Crippen LogP contribution in [-0.4, -0.2) is 11.8 Å². The number of rotatable bonds is 1. The molecular formula is C7H16BrNO. The maximum Gasteiger partial charge on any atom is 0.146 e. The molecule has 0 aromatic carbocycles. The highest BCUT2D eigenvalue weighted by atomic mass is 79.9. The minimum absolute atomic E-state index is 0. The predicted molar refractivity (Wildman–Crippen MR) is 48.4 cm³/mol. The maximum absolute atomic E-state index is 10.7. The van der Waals surface area contributed by atoms with Gasteiger partial charge in [0.1, 0.15) is 5.78 Å². The van der Waals surface area contributed by atoms with Crippen molar-refractivity contribution in [2.45, 2.75) is 33.7 Å². The van der Waals surface area contributed by atoms with E-state index in [1.54, 1.807) is 0 Å². The van der Waals surface area contributed by atoms with Gasteiger partial charge in [-0.2, -0.15) is 0 Å². The molecule has 0 spiro atoms. The number of nitrogens with two attached hydrogens (primary N) is 1. The fourth-order valence-corrected chi connectivity index (χ4v) is 0.610. The third-order valence-corrected chi connectivity index (χ3v) is 1.37. The molecule has 1 unspecified atom stereocenters. The number of carbonyl (C=O) groups is 1. The Balaban J connectivity index is 0. The molecule has 2 N–H and O–H groups in total. The zero-order valence-corrected chi connectivity index (χ0v) is 8.68. The fourth-order valence-electron chi connectivity index (χ4n) is 0.610. The van der Waals surface area contributed by atoms with E-state index in [0.717, 1.165) is 0 Å². The minimum atomic E-state index is -0.322. The van der Waals surface area contributed by atoms with Crippen molar-refractivity contribution in [3.63, 3.8) is 0 Å². The molecule has 0 aliphatic carbocycles. The molecule has 0 saturated heterocycles. The maximum atomic E-state index is 10.7. The molecule has 62 valence electrons. The van der Waals surface area contributed by atoms with Gasteiger partial charge >= 0.3 is 0 Å². The Hall–Kier alpha value is 0.110. The first-order valence-corrected chi connectivity index (χ1v) is 3.11. The number of hydrogen-bond acceptors (Lipinski definition) is 2. The van der Waals surface area contributed by atoms with Gasteiger partial charge in [-0.15, -0.1) is 17.0 Å². The third kappa shape index (κ3) is 4.01. The summed E-state index contributed by atoms with van der Waals surface area (Å²) in [5.41, 5.74) is 5.45. The van der Waals surface area contributed by atoms with E-state index < -0.39 is 0 Å². The van der Waals surface area contributed by atoms with Crippen LogP contribution in [0.15, 0.2) is 0 Å². The van der Waals surface area contributed by atoms with Crippen LogP contribution in [-0.2, 0) is 4.79 Å². The Morgan fingerprint density at radius 3 is 1.70 bits per heavy atom. The van der Waals surface area contributed by atoms with Crippen molar-refractivity contribution < 1.29 is 4.79 Å². The summed E-state index contributed by atoms with van der Waals surface area (Å²) in [6.45, 7) is 7.40. The molecule has 0 bridgehead atoms. The number of halogens is 1. The molecule has 0 aliphatic heterocycles. The van der Waals surface area contributed by atoms with Gasteiger partial charge < -0.3 is 5.73 Å². The van der Waals surface area contributed by atoms with Gasteiger partial charge in [0.15, 0.2) is 0 Å². The summed E-state index contributed by atoms with van der Waals surface area (Å²) in [6.07, 6.45) is 0. The minimum Gasteiger partial charge on any atom is -0.321 e. The molecule has 0 fully saturated rings. The zero-order chi connectivity index (χ0) is 7.65. The van der Waals surface area contributed by atoms with E-state index in [-0.39, 0.29) is 34.2 Å². The molecule has 1 atom stereocenters. The van der Waals surface area contributed by atoms with Crippen LogP contribution in [0.2, 0.25) is 0 Å². The molecule has 0 radical (unpaired) electrons. The van der Waals surface area contributed by atoms with E-state index in [9.17, 15) is 4.79 Å². The van der Waals surface area contributed by atoms with Crippen LogP contribution >= 0.6 is 17.0 Å². The van der Waals surface area contributed by atoms with E-state index in [2.05, 4.69) is 0 Å². The van der Waals surface area contributed by atoms with Crippen molar-refractivity contribution in [2.24, 2.45) is 11.1 Å². The second-order valence-corrected chi connectivity index (χ2v) is 3.45. The molecule has 3 heteroatoms. The SMILES string of the molecule is Br.CC(=O)C(N)C(C)(C)C. The topological polar surface area (TPSA) is 43.1 Å². The van der Waals surface area contributed by atoms with Crippen LogP contribution in [0.25, 0.3) is 0 Å². The highest BCUT2D eigenvalue weighted by molar-refractivity contribution is 8.93. The Morgan fingerprint density at radius 1 is 1.40 bits per heavy atom. The van der Waals surface area contributed by atoms with Gasteiger partial charge in [0.05, 0.1) is 6.04 Å². The van der Waals surface area contributed by atoms with Gasteiger partial charge in [0.25, 0.3) is 0 Å². The largest absolute Gasteiger partial charge is 0.321 e. The first-order valence-electron chi connectivity index (χ1n) is 3.11. The lowest BCUT2D eigenvalue weighted by Gasteiger charge is -2.23. The lowest BCUT2D eigenvalue weighted by Crippen LogP contribution is -2.40. The summed E-state index contributed by atoms with van der Waals surface area (Å²) >= 11 is 0. The standard InChI is InChI=1S/C7H15NO.BrH/c1-5(9)6(8)7(2,3)4;/h6H,8H2,1-4H3;1H. The highest BCUT2D eigenvalue weighted by Crippen LogP contribution is 2.17. The molecule has 0 aromatic heterocycles. The van der Waals surface area contributed by atoms with Crippen LogP contribution in [0.5, 0.6) is 0 Å². The molecule has 0 aromatic rings. The molecule has 2 nitrogen and oxygen atoms in total. The number of hydrogen-bond donors (Lipinski definition) is 1. The van der Waals surface area contributed by atoms with Crippen LogP contribution < -0.4 is 5.73 Å². The van der Waals surface area contributed by atoms with Crippen molar-refractivity contribution in [1.82, 2.24) is 0 Å². The van der Waals surface area contributed by atoms with Gasteiger partial charge in [0, 0.05) is 0 Å². The zero-order valence-electron chi connectivity index (χ0n) is 6.97. The normalized spacial score (nSPS) is 13.7. The Kier molecular flexibility index (Phi) is 5.21. The van der Waals surface area contributed by atoms with Crippen LogP contribution in [0.4, 0.5) is 0 Å². The summed E-state index contributed by atoms with van der Waals surface area (Å²) in [5.74, 6) is 0.0579. The fraction of sp³-hybridized carbons (Fsp3) is 0.857. The van der Waals surface area contributed by atoms with E-state index in [4.69, 9.17) is 5.73 Å². The van der Waals surface area contributed by atoms with Gasteiger partial charge in [-0.1, -0.05) is 20.8 Å². The van der Waals surface area contributed by atoms with E-state index in [1.165, 1.54) is 6.92 Å². The van der Waals surface area contributed by atoms with Crippen molar-refractivity contribution in [3.05, 3.63) is 0 Å². The monoisotopic (exact) mass is 209 g/mol. The summed E-state index contributed by atoms with van der Waals surface area (Å²) in [4.78, 5) is 10.7.